The van der Waals surface area contributed by atoms with E-state index in [0.29, 0.717) is 18.5 Å². The quantitative estimate of drug-likeness (QED) is 0.685. The van der Waals surface area contributed by atoms with Crippen LogP contribution in [0, 0.1) is 13.8 Å². The average molecular weight is 427 g/mol. The summed E-state index contributed by atoms with van der Waals surface area (Å²) in [6.07, 6.45) is 3.11. The molecule has 0 radical (unpaired) electrons. The lowest BCUT2D eigenvalue weighted by atomic mass is 10.1. The molecule has 0 bridgehead atoms. The number of anilines is 1. The minimum absolute atomic E-state index is 0.131. The topological polar surface area (TPSA) is 74.8 Å². The van der Waals surface area contributed by atoms with Gasteiger partial charge in [0.25, 0.3) is 5.91 Å². The normalized spacial score (nSPS) is 20.5. The molecular weight excluding hydrogens is 400 g/mol. The van der Waals surface area contributed by atoms with E-state index < -0.39 is 22.0 Å². The van der Waals surface area contributed by atoms with Gasteiger partial charge in [-0.2, -0.15) is 4.31 Å². The van der Waals surface area contributed by atoms with E-state index in [1.807, 2.05) is 26.0 Å². The molecule has 2 aromatic carbocycles. The number of rotatable bonds is 5. The highest BCUT2D eigenvalue weighted by Gasteiger charge is 2.49. The smallest absolute Gasteiger partial charge is 0.252 e. The molecule has 2 aromatic rings. The van der Waals surface area contributed by atoms with Crippen LogP contribution in [0.15, 0.2) is 53.4 Å². The van der Waals surface area contributed by atoms with E-state index in [1.54, 1.807) is 36.4 Å². The van der Waals surface area contributed by atoms with Crippen LogP contribution in [0.4, 0.5) is 5.69 Å². The zero-order valence-corrected chi connectivity index (χ0v) is 18.1. The molecule has 0 aromatic heterocycles. The van der Waals surface area contributed by atoms with E-state index in [4.69, 9.17) is 0 Å². The van der Waals surface area contributed by atoms with Gasteiger partial charge in [0.05, 0.1) is 17.0 Å². The Labute approximate surface area is 177 Å². The fourth-order valence-corrected chi connectivity index (χ4v) is 6.22. The van der Waals surface area contributed by atoms with Crippen LogP contribution in [0.1, 0.15) is 43.2 Å². The zero-order chi connectivity index (χ0) is 21.5. The first-order valence-corrected chi connectivity index (χ1v) is 11.8. The third-order valence-corrected chi connectivity index (χ3v) is 7.98. The summed E-state index contributed by atoms with van der Waals surface area (Å²) in [7, 11) is -3.92. The highest BCUT2D eigenvalue weighted by atomic mass is 32.2. The molecule has 1 unspecified atom stereocenters. The summed E-state index contributed by atoms with van der Waals surface area (Å²) in [5.74, 6) is -0.831. The molecule has 1 saturated carbocycles. The van der Waals surface area contributed by atoms with Gasteiger partial charge in [-0.3, -0.25) is 9.59 Å². The van der Waals surface area contributed by atoms with Gasteiger partial charge in [-0.05, 0) is 51.0 Å². The lowest BCUT2D eigenvalue weighted by Gasteiger charge is -2.32. The Morgan fingerprint density at radius 3 is 1.97 bits per heavy atom. The molecule has 2 fully saturated rings. The first-order chi connectivity index (χ1) is 14.3. The van der Waals surface area contributed by atoms with Crippen molar-refractivity contribution in [2.24, 2.45) is 0 Å². The predicted molar refractivity (Wildman–Crippen MR) is 115 cm³/mol. The molecule has 1 aliphatic carbocycles. The minimum atomic E-state index is -3.92. The van der Waals surface area contributed by atoms with Gasteiger partial charge in [0.1, 0.15) is 6.04 Å². The summed E-state index contributed by atoms with van der Waals surface area (Å²) < 4.78 is 28.5. The van der Waals surface area contributed by atoms with Gasteiger partial charge in [-0.25, -0.2) is 13.3 Å². The first kappa shape index (κ1) is 20.8. The van der Waals surface area contributed by atoms with E-state index in [-0.39, 0.29) is 23.3 Å². The highest BCUT2D eigenvalue weighted by Crippen LogP contribution is 2.35. The molecule has 1 atom stereocenters. The first-order valence-electron chi connectivity index (χ1n) is 10.3. The Morgan fingerprint density at radius 2 is 1.40 bits per heavy atom. The summed E-state index contributed by atoms with van der Waals surface area (Å²) in [5, 5.41) is 0. The largest absolute Gasteiger partial charge is 0.274 e. The Kier molecular flexibility index (Phi) is 5.51. The van der Waals surface area contributed by atoms with Crippen molar-refractivity contribution in [1.82, 2.24) is 4.31 Å². The molecule has 2 aliphatic rings. The monoisotopic (exact) mass is 426 g/mol. The summed E-state index contributed by atoms with van der Waals surface area (Å²) in [6, 6.07) is 12.5. The zero-order valence-electron chi connectivity index (χ0n) is 17.2. The van der Waals surface area contributed by atoms with Crippen LogP contribution < -0.4 is 4.90 Å². The molecule has 158 valence electrons. The standard InChI is InChI=1S/C23H26N2O4S/c1-16-7-11-18(12-8-16)24-22(26)15-21(23(24)27)25(19-5-3-4-6-19)30(28,29)20-13-9-17(2)10-14-20/h7-14,19,21H,3-6,15H2,1-2H3. The van der Waals surface area contributed by atoms with Gasteiger partial charge >= 0.3 is 0 Å². The summed E-state index contributed by atoms with van der Waals surface area (Å²) >= 11 is 0. The number of imide groups is 1. The van der Waals surface area contributed by atoms with E-state index >= 15 is 0 Å². The molecular formula is C23H26N2O4S. The predicted octanol–water partition coefficient (Wildman–Crippen LogP) is 3.57. The Hall–Kier alpha value is -2.51. The van der Waals surface area contributed by atoms with Crippen LogP contribution >= 0.6 is 0 Å². The Balaban J connectivity index is 1.73. The highest BCUT2D eigenvalue weighted by molar-refractivity contribution is 7.89. The summed E-state index contributed by atoms with van der Waals surface area (Å²) in [4.78, 5) is 27.4. The number of nitrogens with zero attached hydrogens (tertiary/aromatic N) is 2. The SMILES string of the molecule is Cc1ccc(N2C(=O)CC(N(C3CCCC3)S(=O)(=O)c3ccc(C)cc3)C2=O)cc1. The van der Waals surface area contributed by atoms with Crippen LogP contribution in [0.5, 0.6) is 0 Å². The molecule has 6 nitrogen and oxygen atoms in total. The molecule has 1 aliphatic heterocycles. The lowest BCUT2D eigenvalue weighted by Crippen LogP contribution is -2.49. The maximum absolute atomic E-state index is 13.6. The molecule has 7 heteroatoms. The van der Waals surface area contributed by atoms with Crippen LogP contribution in [-0.2, 0) is 19.6 Å². The molecule has 2 amide bonds. The number of hydrogen-bond acceptors (Lipinski definition) is 4. The van der Waals surface area contributed by atoms with Crippen molar-refractivity contribution in [2.75, 3.05) is 4.90 Å². The van der Waals surface area contributed by atoms with Gasteiger partial charge in [-0.15, -0.1) is 0 Å². The maximum atomic E-state index is 13.6. The second-order valence-corrected chi connectivity index (χ2v) is 10.1. The van der Waals surface area contributed by atoms with Gasteiger partial charge < -0.3 is 0 Å². The number of hydrogen-bond donors (Lipinski definition) is 0. The lowest BCUT2D eigenvalue weighted by molar-refractivity contribution is -0.122. The van der Waals surface area contributed by atoms with Crippen LogP contribution in [0.25, 0.3) is 0 Å². The number of benzene rings is 2. The summed E-state index contributed by atoms with van der Waals surface area (Å²) in [5.41, 5.74) is 2.46. The molecule has 1 saturated heterocycles. The second kappa shape index (κ2) is 7.96. The van der Waals surface area contributed by atoms with Crippen LogP contribution in [0.2, 0.25) is 0 Å². The van der Waals surface area contributed by atoms with Gasteiger partial charge in [0, 0.05) is 6.04 Å². The van der Waals surface area contributed by atoms with Gasteiger partial charge in [0.15, 0.2) is 0 Å². The van der Waals surface area contributed by atoms with Crippen LogP contribution in [0.3, 0.4) is 0 Å². The van der Waals surface area contributed by atoms with Crippen molar-refractivity contribution in [3.8, 4) is 0 Å². The molecule has 0 spiro atoms. The van der Waals surface area contributed by atoms with Crippen molar-refractivity contribution >= 4 is 27.5 Å². The van der Waals surface area contributed by atoms with Crippen molar-refractivity contribution in [1.29, 1.82) is 0 Å². The van der Waals surface area contributed by atoms with Crippen molar-refractivity contribution in [2.45, 2.75) is 62.9 Å². The van der Waals surface area contributed by atoms with Crippen molar-refractivity contribution < 1.29 is 18.0 Å². The van der Waals surface area contributed by atoms with Gasteiger partial charge in [-0.1, -0.05) is 48.2 Å². The second-order valence-electron chi connectivity index (χ2n) is 8.21. The number of sulfonamides is 1. The van der Waals surface area contributed by atoms with E-state index in [1.165, 1.54) is 4.31 Å². The van der Waals surface area contributed by atoms with E-state index in [9.17, 15) is 18.0 Å². The van der Waals surface area contributed by atoms with E-state index in [0.717, 1.165) is 28.9 Å². The third kappa shape index (κ3) is 3.68. The molecule has 1 heterocycles. The Morgan fingerprint density at radius 1 is 0.867 bits per heavy atom. The molecule has 0 N–H and O–H groups in total. The maximum Gasteiger partial charge on any atom is 0.252 e. The van der Waals surface area contributed by atoms with Crippen molar-refractivity contribution in [3.05, 3.63) is 59.7 Å². The molecule has 4 rings (SSSR count). The number of carbonyl (C=O) groups excluding carboxylic acids is 2. The Bertz CT molecular complexity index is 1060. The average Bonchev–Trinajstić information content (AvgIpc) is 3.32. The number of amides is 2. The van der Waals surface area contributed by atoms with Crippen LogP contribution in [-0.4, -0.2) is 36.6 Å². The van der Waals surface area contributed by atoms with E-state index in [2.05, 4.69) is 0 Å². The fourth-order valence-electron chi connectivity index (χ4n) is 4.39. The fraction of sp³-hybridized carbons (Fsp3) is 0.391. The molecule has 30 heavy (non-hydrogen) atoms. The number of carbonyl (C=O) groups is 2. The third-order valence-electron chi connectivity index (χ3n) is 6.00. The minimum Gasteiger partial charge on any atom is -0.274 e. The summed E-state index contributed by atoms with van der Waals surface area (Å²) in [6.45, 7) is 3.82. The van der Waals surface area contributed by atoms with Crippen molar-refractivity contribution in [3.63, 3.8) is 0 Å². The van der Waals surface area contributed by atoms with Gasteiger partial charge in [0.2, 0.25) is 15.9 Å². The number of aryl methyl sites for hydroxylation is 2.